The standard InChI is InChI=1S/C42H76O5Si2/c1-29(2)45-38(44)41(10,11)37(43)24-19-30(3)35-22-23-36-32(18-17-25-42(35,36)12)21-20-31-26-33(46-48(13,14)39(4,5)6)28-34(27-31)47-49(15,16)40(7,8)9/h19-21,24,29-30,33-37,43H,17-18,22-23,25-28H2,1-16H3/t30-,33-,34-,35-,36+,37-,42-/m1/s1. The second-order valence-corrected chi connectivity index (χ2v) is 29.7. The topological polar surface area (TPSA) is 65.0 Å². The molecule has 0 heterocycles. The highest BCUT2D eigenvalue weighted by molar-refractivity contribution is 6.74. The molecule has 49 heavy (non-hydrogen) atoms. The van der Waals surface area contributed by atoms with Gasteiger partial charge < -0.3 is 18.7 Å². The highest BCUT2D eigenvalue weighted by Gasteiger charge is 2.50. The second kappa shape index (κ2) is 15.5. The molecule has 7 atom stereocenters. The Kier molecular flexibility index (Phi) is 13.5. The SMILES string of the molecule is CC(C)OC(=O)C(C)(C)[C@H](O)C=C[C@@H](C)[C@H]1CC[C@H]2C(=CC=C3C[C@@H](O[Si](C)(C)C(C)(C)C)C[C@H](O[Si](C)(C)C(C)(C)C)C3)CCC[C@]12C. The van der Waals surface area contributed by atoms with Crippen molar-refractivity contribution in [3.63, 3.8) is 0 Å². The maximum atomic E-state index is 12.7. The molecule has 3 rings (SSSR count). The number of hydrogen-bond acceptors (Lipinski definition) is 5. The second-order valence-electron chi connectivity index (χ2n) is 20.2. The van der Waals surface area contributed by atoms with Crippen LogP contribution in [0.25, 0.3) is 0 Å². The molecule has 0 bridgehead atoms. The first kappa shape index (κ1) is 42.4. The Labute approximate surface area is 304 Å². The van der Waals surface area contributed by atoms with Gasteiger partial charge in [0.25, 0.3) is 0 Å². The van der Waals surface area contributed by atoms with Gasteiger partial charge in [0, 0.05) is 0 Å². The summed E-state index contributed by atoms with van der Waals surface area (Å²) in [5.41, 5.74) is 2.35. The summed E-state index contributed by atoms with van der Waals surface area (Å²) in [6.07, 6.45) is 17.4. The number of aliphatic hydroxyl groups excluding tert-OH is 1. The molecule has 0 aromatic rings. The average molecular weight is 717 g/mol. The molecule has 0 unspecified atom stereocenters. The fourth-order valence-corrected chi connectivity index (χ4v) is 10.9. The van der Waals surface area contributed by atoms with Gasteiger partial charge in [-0.3, -0.25) is 4.79 Å². The first-order chi connectivity index (χ1) is 22.2. The van der Waals surface area contributed by atoms with Crippen molar-refractivity contribution < 1.29 is 23.5 Å². The molecule has 282 valence electrons. The highest BCUT2D eigenvalue weighted by Crippen LogP contribution is 2.59. The molecule has 0 amide bonds. The summed E-state index contributed by atoms with van der Waals surface area (Å²) in [5, 5.41) is 11.4. The lowest BCUT2D eigenvalue weighted by Crippen LogP contribution is -2.48. The normalized spacial score (nSPS) is 29.8. The van der Waals surface area contributed by atoms with Crippen molar-refractivity contribution in [1.82, 2.24) is 0 Å². The minimum absolute atomic E-state index is 0.178. The van der Waals surface area contributed by atoms with E-state index in [0.717, 1.165) is 19.3 Å². The first-order valence-corrected chi connectivity index (χ1v) is 25.3. The minimum Gasteiger partial charge on any atom is -0.462 e. The van der Waals surface area contributed by atoms with Crippen LogP contribution < -0.4 is 0 Å². The van der Waals surface area contributed by atoms with Crippen LogP contribution in [0.3, 0.4) is 0 Å². The fraction of sp³-hybridized carbons (Fsp3) is 0.833. The van der Waals surface area contributed by atoms with E-state index < -0.39 is 28.2 Å². The number of fused-ring (bicyclic) bond motifs is 1. The lowest BCUT2D eigenvalue weighted by Gasteiger charge is -2.45. The van der Waals surface area contributed by atoms with Crippen LogP contribution in [-0.2, 0) is 18.4 Å². The van der Waals surface area contributed by atoms with Gasteiger partial charge in [0.15, 0.2) is 16.6 Å². The van der Waals surface area contributed by atoms with Gasteiger partial charge in [-0.2, -0.15) is 0 Å². The van der Waals surface area contributed by atoms with Gasteiger partial charge in [-0.1, -0.05) is 90.8 Å². The molecule has 0 spiro atoms. The monoisotopic (exact) mass is 717 g/mol. The van der Waals surface area contributed by atoms with Crippen molar-refractivity contribution in [1.29, 1.82) is 0 Å². The smallest absolute Gasteiger partial charge is 0.314 e. The molecule has 3 fully saturated rings. The summed E-state index contributed by atoms with van der Waals surface area (Å²) in [7, 11) is -3.83. The molecular weight excluding hydrogens is 641 g/mol. The van der Waals surface area contributed by atoms with Crippen LogP contribution in [-0.4, -0.2) is 52.1 Å². The number of carbonyl (C=O) groups is 1. The van der Waals surface area contributed by atoms with Crippen LogP contribution in [0, 0.1) is 28.6 Å². The minimum atomic E-state index is -1.92. The van der Waals surface area contributed by atoms with E-state index in [0.29, 0.717) is 17.8 Å². The predicted molar refractivity (Wildman–Crippen MR) is 212 cm³/mol. The highest BCUT2D eigenvalue weighted by atomic mass is 28.4. The number of esters is 1. The zero-order chi connectivity index (χ0) is 37.4. The van der Waals surface area contributed by atoms with Gasteiger partial charge in [0.1, 0.15) is 0 Å². The summed E-state index contributed by atoms with van der Waals surface area (Å²) in [6.45, 7) is 35.6. The zero-order valence-electron chi connectivity index (χ0n) is 34.6. The van der Waals surface area contributed by atoms with Crippen LogP contribution in [0.4, 0.5) is 0 Å². The molecule has 0 aromatic carbocycles. The molecular formula is C42H76O5Si2. The van der Waals surface area contributed by atoms with E-state index in [1.54, 1.807) is 19.4 Å². The van der Waals surface area contributed by atoms with Crippen molar-refractivity contribution in [3.8, 4) is 0 Å². The first-order valence-electron chi connectivity index (χ1n) is 19.5. The van der Waals surface area contributed by atoms with E-state index in [9.17, 15) is 9.90 Å². The Hall–Kier alpha value is -0.996. The molecule has 0 aliphatic heterocycles. The van der Waals surface area contributed by atoms with E-state index >= 15 is 0 Å². The van der Waals surface area contributed by atoms with Crippen LogP contribution in [0.1, 0.15) is 134 Å². The number of allylic oxidation sites excluding steroid dienone is 4. The molecule has 5 nitrogen and oxygen atoms in total. The predicted octanol–water partition coefficient (Wildman–Crippen LogP) is 11.6. The molecule has 0 radical (unpaired) electrons. The lowest BCUT2D eigenvalue weighted by atomic mass is 9.61. The fourth-order valence-electron chi connectivity index (χ4n) is 8.14. The molecule has 3 aliphatic rings. The van der Waals surface area contributed by atoms with Crippen molar-refractivity contribution in [2.45, 2.75) is 195 Å². The van der Waals surface area contributed by atoms with Crippen LogP contribution >= 0.6 is 0 Å². The number of aliphatic hydroxyl groups is 1. The van der Waals surface area contributed by atoms with Crippen LogP contribution in [0.2, 0.25) is 36.3 Å². The number of carbonyl (C=O) groups excluding carboxylic acids is 1. The van der Waals surface area contributed by atoms with Gasteiger partial charge in [0.05, 0.1) is 29.8 Å². The van der Waals surface area contributed by atoms with Gasteiger partial charge in [-0.25, -0.2) is 0 Å². The molecule has 3 aliphatic carbocycles. The number of rotatable bonds is 11. The Bertz CT molecular complexity index is 1190. The van der Waals surface area contributed by atoms with Gasteiger partial charge in [-0.05, 0) is 138 Å². The average Bonchev–Trinajstić information content (AvgIpc) is 3.30. The van der Waals surface area contributed by atoms with Crippen molar-refractivity contribution in [3.05, 3.63) is 35.5 Å². The van der Waals surface area contributed by atoms with E-state index in [1.165, 1.54) is 37.7 Å². The maximum Gasteiger partial charge on any atom is 0.314 e. The van der Waals surface area contributed by atoms with E-state index in [4.69, 9.17) is 13.6 Å². The van der Waals surface area contributed by atoms with E-state index in [2.05, 4.69) is 99.8 Å². The number of ether oxygens (including phenoxy) is 1. The summed E-state index contributed by atoms with van der Waals surface area (Å²) in [6, 6.07) is 0. The quantitative estimate of drug-likeness (QED) is 0.131. The lowest BCUT2D eigenvalue weighted by molar-refractivity contribution is -0.162. The Morgan fingerprint density at radius 2 is 1.39 bits per heavy atom. The van der Waals surface area contributed by atoms with Crippen LogP contribution in [0.15, 0.2) is 35.5 Å². The number of hydrogen-bond donors (Lipinski definition) is 1. The maximum absolute atomic E-state index is 12.7. The van der Waals surface area contributed by atoms with Crippen molar-refractivity contribution in [2.75, 3.05) is 0 Å². The van der Waals surface area contributed by atoms with Gasteiger partial charge >= 0.3 is 5.97 Å². The molecule has 3 saturated carbocycles. The summed E-state index contributed by atoms with van der Waals surface area (Å²) in [4.78, 5) is 12.7. The third-order valence-electron chi connectivity index (χ3n) is 13.5. The zero-order valence-corrected chi connectivity index (χ0v) is 36.6. The van der Waals surface area contributed by atoms with Crippen LogP contribution in [0.5, 0.6) is 0 Å². The Morgan fingerprint density at radius 3 is 1.88 bits per heavy atom. The third-order valence-corrected chi connectivity index (χ3v) is 22.5. The Balaban J connectivity index is 1.82. The molecule has 0 saturated heterocycles. The molecule has 0 aromatic heterocycles. The largest absolute Gasteiger partial charge is 0.462 e. The van der Waals surface area contributed by atoms with Gasteiger partial charge in [0.2, 0.25) is 0 Å². The summed E-state index contributed by atoms with van der Waals surface area (Å²) in [5.74, 6) is 1.09. The third kappa shape index (κ3) is 10.1. The summed E-state index contributed by atoms with van der Waals surface area (Å²) >= 11 is 0. The summed E-state index contributed by atoms with van der Waals surface area (Å²) < 4.78 is 19.6. The Morgan fingerprint density at radius 1 is 0.857 bits per heavy atom. The van der Waals surface area contributed by atoms with E-state index in [-0.39, 0.29) is 39.8 Å². The van der Waals surface area contributed by atoms with Gasteiger partial charge in [-0.15, -0.1) is 0 Å². The van der Waals surface area contributed by atoms with E-state index in [1.807, 2.05) is 19.9 Å². The molecule has 1 N–H and O–H groups in total. The van der Waals surface area contributed by atoms with Crippen molar-refractivity contribution >= 4 is 22.6 Å². The molecule has 7 heteroatoms. The van der Waals surface area contributed by atoms with Crippen molar-refractivity contribution in [2.24, 2.45) is 28.6 Å².